The maximum Gasteiger partial charge on any atom is 0.321 e. The Bertz CT molecular complexity index is 711. The molecule has 7 heteroatoms. The first kappa shape index (κ1) is 16.5. The maximum absolute atomic E-state index is 12.1. The van der Waals surface area contributed by atoms with Crippen molar-refractivity contribution >= 4 is 17.7 Å². The first-order chi connectivity index (χ1) is 10.9. The van der Waals surface area contributed by atoms with Gasteiger partial charge in [0.2, 0.25) is 0 Å². The van der Waals surface area contributed by atoms with Crippen molar-refractivity contribution in [2.24, 2.45) is 13.0 Å². The molecular formula is C16H20N4O3. The van der Waals surface area contributed by atoms with Gasteiger partial charge in [0.1, 0.15) is 5.82 Å². The normalized spacial score (nSPS) is 11.8. The number of urea groups is 1. The minimum Gasteiger partial charge on any atom is -0.481 e. The molecule has 0 aliphatic carbocycles. The summed E-state index contributed by atoms with van der Waals surface area (Å²) in [6.45, 7) is 1.70. The lowest BCUT2D eigenvalue weighted by Gasteiger charge is -2.20. The molecule has 2 rings (SSSR count). The van der Waals surface area contributed by atoms with Gasteiger partial charge in [0, 0.05) is 44.3 Å². The van der Waals surface area contributed by atoms with E-state index in [1.807, 2.05) is 36.0 Å². The van der Waals surface area contributed by atoms with Crippen LogP contribution >= 0.6 is 0 Å². The molecule has 122 valence electrons. The number of hydrogen-bond acceptors (Lipinski definition) is 3. The van der Waals surface area contributed by atoms with Gasteiger partial charge in [-0.3, -0.25) is 4.79 Å². The van der Waals surface area contributed by atoms with E-state index in [0.29, 0.717) is 5.69 Å². The number of carboxylic acids is 1. The number of aliphatic carboxylic acids is 1. The minimum absolute atomic E-state index is 0.139. The van der Waals surface area contributed by atoms with Gasteiger partial charge in [0.25, 0.3) is 0 Å². The van der Waals surface area contributed by atoms with E-state index >= 15 is 0 Å². The Morgan fingerprint density at radius 2 is 2.17 bits per heavy atom. The maximum atomic E-state index is 12.1. The summed E-state index contributed by atoms with van der Waals surface area (Å²) in [5.74, 6) is -0.750. The second kappa shape index (κ2) is 6.95. The Balaban J connectivity index is 2.07. The number of hydrogen-bond donors (Lipinski definition) is 2. The summed E-state index contributed by atoms with van der Waals surface area (Å²) in [5.41, 5.74) is 1.52. The number of carbonyl (C=O) groups is 2. The van der Waals surface area contributed by atoms with Crippen LogP contribution in [-0.4, -0.2) is 45.2 Å². The molecule has 1 aromatic carbocycles. The number of amides is 2. The molecule has 1 aromatic heterocycles. The van der Waals surface area contributed by atoms with Crippen LogP contribution in [0.25, 0.3) is 11.4 Å². The molecule has 0 aliphatic rings. The van der Waals surface area contributed by atoms with Crippen LogP contribution in [0.15, 0.2) is 36.7 Å². The highest BCUT2D eigenvalue weighted by molar-refractivity contribution is 5.90. The highest BCUT2D eigenvalue weighted by atomic mass is 16.4. The average molecular weight is 316 g/mol. The van der Waals surface area contributed by atoms with Crippen LogP contribution < -0.4 is 5.32 Å². The number of nitrogens with zero attached hydrogens (tertiary/aromatic N) is 3. The van der Waals surface area contributed by atoms with E-state index < -0.39 is 11.9 Å². The molecule has 2 N–H and O–H groups in total. The molecule has 0 fully saturated rings. The summed E-state index contributed by atoms with van der Waals surface area (Å²) in [6, 6.07) is 7.00. The van der Waals surface area contributed by atoms with Gasteiger partial charge in [0.05, 0.1) is 5.92 Å². The fourth-order valence-corrected chi connectivity index (χ4v) is 2.17. The highest BCUT2D eigenvalue weighted by Gasteiger charge is 2.17. The first-order valence-electron chi connectivity index (χ1n) is 7.21. The zero-order chi connectivity index (χ0) is 17.0. The Morgan fingerprint density at radius 3 is 2.78 bits per heavy atom. The predicted molar refractivity (Wildman–Crippen MR) is 87.1 cm³/mol. The van der Waals surface area contributed by atoms with Crippen LogP contribution in [-0.2, 0) is 11.8 Å². The van der Waals surface area contributed by atoms with Crippen molar-refractivity contribution in [1.82, 2.24) is 14.5 Å². The molecule has 0 bridgehead atoms. The summed E-state index contributed by atoms with van der Waals surface area (Å²) < 4.78 is 1.89. The molecule has 0 saturated carbocycles. The standard InChI is InChI=1S/C16H20N4O3/c1-11(15(21)22)10-20(3)16(23)18-13-6-4-5-12(9-13)14-17-7-8-19(14)2/h4-9,11H,10H2,1-3H3,(H,18,23)(H,21,22). The van der Waals surface area contributed by atoms with E-state index in [9.17, 15) is 9.59 Å². The number of aryl methyl sites for hydroxylation is 1. The Hall–Kier alpha value is -2.83. The third kappa shape index (κ3) is 4.09. The smallest absolute Gasteiger partial charge is 0.321 e. The zero-order valence-electron chi connectivity index (χ0n) is 13.4. The second-order valence-corrected chi connectivity index (χ2v) is 5.49. The van der Waals surface area contributed by atoms with E-state index in [4.69, 9.17) is 5.11 Å². The van der Waals surface area contributed by atoms with Crippen LogP contribution in [0, 0.1) is 5.92 Å². The third-order valence-corrected chi connectivity index (χ3v) is 3.51. The van der Waals surface area contributed by atoms with Gasteiger partial charge in [-0.25, -0.2) is 9.78 Å². The topological polar surface area (TPSA) is 87.5 Å². The Kier molecular flexibility index (Phi) is 5.00. The molecule has 1 unspecified atom stereocenters. The van der Waals surface area contributed by atoms with Crippen LogP contribution in [0.1, 0.15) is 6.92 Å². The Morgan fingerprint density at radius 1 is 1.43 bits per heavy atom. The van der Waals surface area contributed by atoms with E-state index in [0.717, 1.165) is 11.4 Å². The summed E-state index contributed by atoms with van der Waals surface area (Å²) in [6.07, 6.45) is 3.56. The van der Waals surface area contributed by atoms with Crippen LogP contribution in [0.4, 0.5) is 10.5 Å². The number of aromatic nitrogens is 2. The van der Waals surface area contributed by atoms with Crippen LogP contribution in [0.5, 0.6) is 0 Å². The Labute approximate surface area is 134 Å². The van der Waals surface area contributed by atoms with Crippen molar-refractivity contribution in [3.63, 3.8) is 0 Å². The van der Waals surface area contributed by atoms with Crippen molar-refractivity contribution in [2.75, 3.05) is 18.9 Å². The molecule has 1 atom stereocenters. The minimum atomic E-state index is -0.929. The number of carboxylic acid groups (broad SMARTS) is 1. The lowest BCUT2D eigenvalue weighted by molar-refractivity contribution is -0.141. The van der Waals surface area contributed by atoms with Crippen molar-refractivity contribution < 1.29 is 14.7 Å². The van der Waals surface area contributed by atoms with Crippen molar-refractivity contribution in [3.8, 4) is 11.4 Å². The van der Waals surface area contributed by atoms with Gasteiger partial charge >= 0.3 is 12.0 Å². The van der Waals surface area contributed by atoms with Crippen molar-refractivity contribution in [1.29, 1.82) is 0 Å². The highest BCUT2D eigenvalue weighted by Crippen LogP contribution is 2.20. The van der Waals surface area contributed by atoms with Gasteiger partial charge in [-0.05, 0) is 12.1 Å². The lowest BCUT2D eigenvalue weighted by atomic mass is 10.2. The summed E-state index contributed by atoms with van der Waals surface area (Å²) in [5, 5.41) is 11.7. The van der Waals surface area contributed by atoms with Gasteiger partial charge in [-0.15, -0.1) is 0 Å². The molecule has 0 radical (unpaired) electrons. The molecular weight excluding hydrogens is 296 g/mol. The fraction of sp³-hybridized carbons (Fsp3) is 0.312. The summed E-state index contributed by atoms with van der Waals surface area (Å²) in [4.78, 5) is 28.6. The summed E-state index contributed by atoms with van der Waals surface area (Å²) in [7, 11) is 3.46. The zero-order valence-corrected chi connectivity index (χ0v) is 13.4. The van der Waals surface area contributed by atoms with Crippen LogP contribution in [0.2, 0.25) is 0 Å². The van der Waals surface area contributed by atoms with Gasteiger partial charge < -0.3 is 19.9 Å². The van der Waals surface area contributed by atoms with Crippen molar-refractivity contribution in [3.05, 3.63) is 36.7 Å². The molecule has 0 saturated heterocycles. The quantitative estimate of drug-likeness (QED) is 0.886. The molecule has 2 amide bonds. The van der Waals surface area contributed by atoms with Gasteiger partial charge in [-0.1, -0.05) is 19.1 Å². The molecule has 7 nitrogen and oxygen atoms in total. The monoisotopic (exact) mass is 316 g/mol. The average Bonchev–Trinajstić information content (AvgIpc) is 2.93. The van der Waals surface area contributed by atoms with Crippen molar-refractivity contribution in [2.45, 2.75) is 6.92 Å². The fourth-order valence-electron chi connectivity index (χ4n) is 2.17. The molecule has 23 heavy (non-hydrogen) atoms. The molecule has 0 spiro atoms. The van der Waals surface area contributed by atoms with E-state index in [1.54, 1.807) is 26.2 Å². The largest absolute Gasteiger partial charge is 0.481 e. The number of benzene rings is 1. The van der Waals surface area contributed by atoms with Crippen LogP contribution in [0.3, 0.4) is 0 Å². The number of imidazole rings is 1. The lowest BCUT2D eigenvalue weighted by Crippen LogP contribution is -2.36. The predicted octanol–water partition coefficient (Wildman–Crippen LogP) is 2.27. The third-order valence-electron chi connectivity index (χ3n) is 3.51. The summed E-state index contributed by atoms with van der Waals surface area (Å²) >= 11 is 0. The number of rotatable bonds is 5. The number of anilines is 1. The van der Waals surface area contributed by atoms with Gasteiger partial charge in [0.15, 0.2) is 0 Å². The second-order valence-electron chi connectivity index (χ2n) is 5.49. The van der Waals surface area contributed by atoms with E-state index in [1.165, 1.54) is 4.90 Å². The van der Waals surface area contributed by atoms with E-state index in [2.05, 4.69) is 10.3 Å². The molecule has 2 aromatic rings. The number of carbonyl (C=O) groups excluding carboxylic acids is 1. The first-order valence-corrected chi connectivity index (χ1v) is 7.21. The van der Waals surface area contributed by atoms with Gasteiger partial charge in [-0.2, -0.15) is 0 Å². The number of nitrogens with one attached hydrogen (secondary N) is 1. The molecule has 0 aliphatic heterocycles. The van der Waals surface area contributed by atoms with E-state index in [-0.39, 0.29) is 12.6 Å². The SMILES string of the molecule is CC(CN(C)C(=O)Nc1cccc(-c2nccn2C)c1)C(=O)O. The molecule has 1 heterocycles.